The van der Waals surface area contributed by atoms with E-state index in [0.717, 1.165) is 66.3 Å². The quantitative estimate of drug-likeness (QED) is 0.176. The maximum Gasteiger partial charge on any atom is 0.0788 e. The molecule has 0 unspecified atom stereocenters. The smallest absolute Gasteiger partial charge is 0.0788 e. The minimum Gasteiger partial charge on any atom is -0.309 e. The van der Waals surface area contributed by atoms with E-state index in [1.165, 1.54) is 32.6 Å². The van der Waals surface area contributed by atoms with E-state index in [9.17, 15) is 0 Å². The number of pyridine rings is 3. The summed E-state index contributed by atoms with van der Waals surface area (Å²) in [4.78, 5) is 14.2. The first-order valence-electron chi connectivity index (χ1n) is 17.5. The monoisotopic (exact) mass is 663 g/mol. The largest absolute Gasteiger partial charge is 0.309 e. The minimum absolute atomic E-state index is 0.956. The summed E-state index contributed by atoms with van der Waals surface area (Å²) in [7, 11) is 0. The average Bonchev–Trinajstić information content (AvgIpc) is 3.74. The summed E-state index contributed by atoms with van der Waals surface area (Å²) in [6.45, 7) is 0. The van der Waals surface area contributed by atoms with Gasteiger partial charge in [-0.3, -0.25) is 15.0 Å². The first-order valence-corrected chi connectivity index (χ1v) is 17.5. The molecule has 0 radical (unpaired) electrons. The number of aromatic nitrogens is 5. The van der Waals surface area contributed by atoms with Crippen LogP contribution in [0.25, 0.3) is 98.9 Å². The van der Waals surface area contributed by atoms with Crippen molar-refractivity contribution in [2.45, 2.75) is 0 Å². The molecule has 11 aromatic rings. The molecule has 5 nitrogen and oxygen atoms in total. The van der Waals surface area contributed by atoms with Gasteiger partial charge in [-0.15, -0.1) is 0 Å². The fourth-order valence-electron chi connectivity index (χ4n) is 8.37. The van der Waals surface area contributed by atoms with Crippen LogP contribution in [0, 0.1) is 0 Å². The van der Waals surface area contributed by atoms with E-state index in [1.54, 1.807) is 0 Å². The van der Waals surface area contributed by atoms with Crippen molar-refractivity contribution in [1.82, 2.24) is 24.1 Å². The lowest BCUT2D eigenvalue weighted by atomic mass is 9.86. The highest BCUT2D eigenvalue weighted by atomic mass is 15.0. The lowest BCUT2D eigenvalue weighted by Gasteiger charge is -2.20. The molecule has 0 bridgehead atoms. The number of hydrogen-bond donors (Lipinski definition) is 0. The highest BCUT2D eigenvalue weighted by Crippen LogP contribution is 2.46. The Morgan fingerprint density at radius 1 is 0.346 bits per heavy atom. The second-order valence-corrected chi connectivity index (χ2v) is 13.3. The summed E-state index contributed by atoms with van der Waals surface area (Å²) in [5.41, 5.74) is 12.2. The van der Waals surface area contributed by atoms with Crippen LogP contribution < -0.4 is 0 Å². The van der Waals surface area contributed by atoms with Gasteiger partial charge in [0.25, 0.3) is 0 Å². The van der Waals surface area contributed by atoms with Gasteiger partial charge in [-0.05, 0) is 94.4 Å². The van der Waals surface area contributed by atoms with Crippen molar-refractivity contribution in [3.05, 3.63) is 177 Å². The first-order chi connectivity index (χ1) is 25.8. The Bertz CT molecular complexity index is 2850. The molecule has 5 heteroatoms. The number of benzene rings is 6. The molecule has 0 N–H and O–H groups in total. The van der Waals surface area contributed by atoms with Crippen LogP contribution in [-0.4, -0.2) is 24.1 Å². The molecular formula is C47H29N5. The molecule has 242 valence electrons. The number of hydrogen-bond acceptors (Lipinski definition) is 3. The van der Waals surface area contributed by atoms with E-state index in [1.807, 2.05) is 31.0 Å². The molecule has 5 aromatic heterocycles. The number of rotatable bonds is 4. The highest BCUT2D eigenvalue weighted by Gasteiger charge is 2.22. The lowest BCUT2D eigenvalue weighted by molar-refractivity contribution is 1.16. The molecule has 11 rings (SSSR count). The zero-order chi connectivity index (χ0) is 34.2. The fraction of sp³-hybridized carbons (Fsp3) is 0. The third kappa shape index (κ3) is 4.14. The van der Waals surface area contributed by atoms with Crippen molar-refractivity contribution in [3.63, 3.8) is 0 Å². The normalized spacial score (nSPS) is 11.8. The molecule has 5 heterocycles. The summed E-state index contributed by atoms with van der Waals surface area (Å²) in [6, 6.07) is 52.2. The Morgan fingerprint density at radius 2 is 0.769 bits per heavy atom. The van der Waals surface area contributed by atoms with Crippen LogP contribution in [0.2, 0.25) is 0 Å². The Balaban J connectivity index is 1.29. The molecule has 0 saturated carbocycles. The molecule has 6 aromatic carbocycles. The van der Waals surface area contributed by atoms with Gasteiger partial charge in [-0.1, -0.05) is 78.9 Å². The zero-order valence-corrected chi connectivity index (χ0v) is 28.0. The van der Waals surface area contributed by atoms with Crippen molar-refractivity contribution in [2.75, 3.05) is 0 Å². The summed E-state index contributed by atoms with van der Waals surface area (Å²) in [6.07, 6.45) is 9.54. The van der Waals surface area contributed by atoms with Gasteiger partial charge in [-0.2, -0.15) is 0 Å². The Kier molecular flexibility index (Phi) is 6.18. The lowest BCUT2D eigenvalue weighted by Crippen LogP contribution is -1.99. The van der Waals surface area contributed by atoms with Crippen LogP contribution >= 0.6 is 0 Å². The van der Waals surface area contributed by atoms with E-state index in [2.05, 4.69) is 165 Å². The molecule has 0 saturated heterocycles. The van der Waals surface area contributed by atoms with Crippen molar-refractivity contribution >= 4 is 65.3 Å². The summed E-state index contributed by atoms with van der Waals surface area (Å²) >= 11 is 0. The molecule has 0 aliphatic carbocycles. The van der Waals surface area contributed by atoms with Crippen molar-refractivity contribution in [1.29, 1.82) is 0 Å². The summed E-state index contributed by atoms with van der Waals surface area (Å²) < 4.78 is 4.73. The van der Waals surface area contributed by atoms with Crippen molar-refractivity contribution in [3.8, 4) is 33.6 Å². The highest BCUT2D eigenvalue weighted by molar-refractivity contribution is 6.21. The van der Waals surface area contributed by atoms with Crippen LogP contribution in [0.5, 0.6) is 0 Å². The maximum atomic E-state index is 5.34. The summed E-state index contributed by atoms with van der Waals surface area (Å²) in [5.74, 6) is 0. The van der Waals surface area contributed by atoms with E-state index in [-0.39, 0.29) is 0 Å². The van der Waals surface area contributed by atoms with Crippen LogP contribution in [0.4, 0.5) is 0 Å². The molecule has 52 heavy (non-hydrogen) atoms. The van der Waals surface area contributed by atoms with Crippen LogP contribution in [0.3, 0.4) is 0 Å². The predicted octanol–water partition coefficient (Wildman–Crippen LogP) is 11.7. The van der Waals surface area contributed by atoms with Crippen LogP contribution in [0.15, 0.2) is 177 Å². The van der Waals surface area contributed by atoms with Gasteiger partial charge < -0.3 is 9.13 Å². The molecule has 0 spiro atoms. The van der Waals surface area contributed by atoms with Crippen molar-refractivity contribution < 1.29 is 0 Å². The van der Waals surface area contributed by atoms with Gasteiger partial charge in [-0.25, -0.2) is 0 Å². The van der Waals surface area contributed by atoms with E-state index < -0.39 is 0 Å². The van der Waals surface area contributed by atoms with Gasteiger partial charge in [0, 0.05) is 62.8 Å². The Morgan fingerprint density at radius 3 is 1.27 bits per heavy atom. The van der Waals surface area contributed by atoms with E-state index >= 15 is 0 Å². The van der Waals surface area contributed by atoms with Gasteiger partial charge in [0.15, 0.2) is 0 Å². The van der Waals surface area contributed by atoms with Gasteiger partial charge >= 0.3 is 0 Å². The van der Waals surface area contributed by atoms with Gasteiger partial charge in [0.05, 0.1) is 39.5 Å². The SMILES string of the molecule is c1ccc2c(c1)c1ccccc1n2-c1ccc2c(c1)c(-c1ccncc1)c(-c1ccncc1)c1cc(-n3c4ccccc4c4ccccc43)cnc12. The topological polar surface area (TPSA) is 48.5 Å². The standard InChI is InChI=1S/C47H29N5/c1-5-13-41-34(9-1)35-10-2-6-14-42(35)51(41)32-17-18-38-39(27-32)45(30-19-23-48-24-20-30)46(31-21-25-49-26-22-31)40-28-33(29-50-47(38)40)52-43-15-7-3-11-36(43)37-12-4-8-16-44(37)52/h1-29H. The molecule has 0 atom stereocenters. The fourth-order valence-corrected chi connectivity index (χ4v) is 8.37. The zero-order valence-electron chi connectivity index (χ0n) is 28.0. The Labute approximate surface area is 298 Å². The predicted molar refractivity (Wildman–Crippen MR) is 214 cm³/mol. The molecule has 0 amide bonds. The molecule has 0 aliphatic heterocycles. The average molecular weight is 664 g/mol. The molecule has 0 fully saturated rings. The Hall–Kier alpha value is -7.11. The van der Waals surface area contributed by atoms with Crippen LogP contribution in [-0.2, 0) is 0 Å². The van der Waals surface area contributed by atoms with Gasteiger partial charge in [0.1, 0.15) is 0 Å². The van der Waals surface area contributed by atoms with E-state index in [4.69, 9.17) is 4.98 Å². The third-order valence-electron chi connectivity index (χ3n) is 10.5. The van der Waals surface area contributed by atoms with E-state index in [0.29, 0.717) is 0 Å². The summed E-state index contributed by atoms with van der Waals surface area (Å²) in [5, 5.41) is 8.22. The second-order valence-electron chi connectivity index (χ2n) is 13.3. The maximum absolute atomic E-state index is 5.34. The molecule has 0 aliphatic rings. The van der Waals surface area contributed by atoms with Gasteiger partial charge in [0.2, 0.25) is 0 Å². The second kappa shape index (κ2) is 11.2. The minimum atomic E-state index is 0.956. The number of para-hydroxylation sites is 4. The number of nitrogens with zero attached hydrogens (tertiary/aromatic N) is 5. The number of fused-ring (bicyclic) bond motifs is 9. The molecular weight excluding hydrogens is 635 g/mol. The third-order valence-corrected chi connectivity index (χ3v) is 10.5. The van der Waals surface area contributed by atoms with Crippen molar-refractivity contribution in [2.24, 2.45) is 0 Å². The van der Waals surface area contributed by atoms with Crippen LogP contribution in [0.1, 0.15) is 0 Å². The first kappa shape index (κ1) is 28.7.